The first-order chi connectivity index (χ1) is 16.2. The molecule has 1 aromatic heterocycles. The molecule has 0 radical (unpaired) electrons. The zero-order valence-electron chi connectivity index (χ0n) is 18.7. The van der Waals surface area contributed by atoms with Gasteiger partial charge in [0.2, 0.25) is 6.79 Å². The van der Waals surface area contributed by atoms with Crippen molar-refractivity contribution in [2.75, 3.05) is 6.79 Å². The van der Waals surface area contributed by atoms with Crippen LogP contribution < -0.4 is 9.47 Å². The summed E-state index contributed by atoms with van der Waals surface area (Å²) in [6.45, 7) is 5.74. The van der Waals surface area contributed by atoms with Crippen molar-refractivity contribution >= 4 is 16.5 Å². The topological polar surface area (TPSA) is 31.6 Å². The Morgan fingerprint density at radius 1 is 0.886 bits per heavy atom. The fraction of sp³-hybridized carbons (Fsp3) is 0.360. The molecule has 0 fully saturated rings. The number of ether oxygens (including phenoxy) is 2. The van der Waals surface area contributed by atoms with E-state index in [1.54, 1.807) is 12.1 Å². The second-order valence-corrected chi connectivity index (χ2v) is 9.23. The number of hydrogen-bond donors (Lipinski definition) is 0. The van der Waals surface area contributed by atoms with Gasteiger partial charge in [-0.25, -0.2) is 4.39 Å². The van der Waals surface area contributed by atoms with E-state index in [4.69, 9.17) is 13.9 Å². The minimum atomic E-state index is -5.98. The average molecular weight is 500 g/mol. The highest BCUT2D eigenvalue weighted by molar-refractivity contribution is 6.02. The molecule has 0 saturated heterocycles. The molecule has 186 valence electrons. The Morgan fingerprint density at radius 3 is 2.03 bits per heavy atom. The third-order valence-corrected chi connectivity index (χ3v) is 6.84. The van der Waals surface area contributed by atoms with E-state index in [-0.39, 0.29) is 40.2 Å². The highest BCUT2D eigenvalue weighted by atomic mass is 19.3. The largest absolute Gasteiger partial charge is 0.455 e. The molecular formula is C25H19F7O3. The normalized spacial score (nSPS) is 20.2. The van der Waals surface area contributed by atoms with Gasteiger partial charge in [0.1, 0.15) is 11.3 Å². The predicted octanol–water partition coefficient (Wildman–Crippen LogP) is 8.12. The van der Waals surface area contributed by atoms with Gasteiger partial charge in [-0.15, -0.1) is 0 Å². The van der Waals surface area contributed by atoms with Crippen LogP contribution in [0, 0.1) is 0 Å². The lowest BCUT2D eigenvalue weighted by molar-refractivity contribution is -0.263. The van der Waals surface area contributed by atoms with Crippen LogP contribution in [0.2, 0.25) is 0 Å². The molecule has 2 heterocycles. The van der Waals surface area contributed by atoms with E-state index >= 15 is 0 Å². The number of allylic oxidation sites excluding steroid dienone is 2. The third-order valence-electron chi connectivity index (χ3n) is 6.84. The molecule has 2 aliphatic rings. The van der Waals surface area contributed by atoms with Gasteiger partial charge in [-0.2, -0.15) is 26.3 Å². The summed E-state index contributed by atoms with van der Waals surface area (Å²) in [6, 6.07) is 8.71. The molecule has 35 heavy (non-hydrogen) atoms. The summed E-state index contributed by atoms with van der Waals surface area (Å²) in [5.41, 5.74) is -2.38. The molecule has 0 amide bonds. The van der Waals surface area contributed by atoms with Crippen molar-refractivity contribution in [2.24, 2.45) is 0 Å². The van der Waals surface area contributed by atoms with Gasteiger partial charge in [0, 0.05) is 22.6 Å². The van der Waals surface area contributed by atoms with Gasteiger partial charge in [-0.3, -0.25) is 0 Å². The van der Waals surface area contributed by atoms with Crippen LogP contribution >= 0.6 is 0 Å². The van der Waals surface area contributed by atoms with Gasteiger partial charge >= 0.3 is 17.8 Å². The number of fused-ring (bicyclic) bond motifs is 2. The lowest BCUT2D eigenvalue weighted by atomic mass is 9.82. The van der Waals surface area contributed by atoms with Gasteiger partial charge in [-0.1, -0.05) is 45.0 Å². The number of halogens is 7. The van der Waals surface area contributed by atoms with Crippen molar-refractivity contribution < 1.29 is 44.6 Å². The Hall–Kier alpha value is -3.17. The van der Waals surface area contributed by atoms with Crippen LogP contribution in [0.25, 0.3) is 27.9 Å². The molecule has 3 aromatic rings. The summed E-state index contributed by atoms with van der Waals surface area (Å²) in [6.07, 6.45) is 0.780. The fourth-order valence-corrected chi connectivity index (χ4v) is 4.27. The molecule has 2 aromatic carbocycles. The molecule has 0 spiro atoms. The van der Waals surface area contributed by atoms with Crippen LogP contribution in [0.15, 0.2) is 46.6 Å². The molecule has 3 nitrogen and oxygen atoms in total. The van der Waals surface area contributed by atoms with Crippen LogP contribution in [-0.2, 0) is 5.41 Å². The number of furan rings is 1. The number of benzene rings is 2. The summed E-state index contributed by atoms with van der Waals surface area (Å²) in [5, 5.41) is -0.291. The zero-order valence-corrected chi connectivity index (χ0v) is 18.7. The van der Waals surface area contributed by atoms with Crippen molar-refractivity contribution in [3.63, 3.8) is 0 Å². The zero-order chi connectivity index (χ0) is 25.6. The molecule has 0 bridgehead atoms. The van der Waals surface area contributed by atoms with Crippen LogP contribution in [0.4, 0.5) is 30.7 Å². The molecule has 0 N–H and O–H groups in total. The number of alkyl halides is 6. The molecule has 0 saturated carbocycles. The predicted molar refractivity (Wildman–Crippen MR) is 114 cm³/mol. The Bertz CT molecular complexity index is 1370. The standard InChI is InChI=1S/C25H19F7O3/c1-4-22(2,3)13-7-5-12(6-8-13)20-18(14-9-16-17(34-11-33-16)10-15(14)35-20)19-21(26)24(29,30)25(31,32)23(19,27)28/h5-10H,4,11H2,1-3H3. The van der Waals surface area contributed by atoms with Crippen LogP contribution in [-0.4, -0.2) is 24.6 Å². The SMILES string of the molecule is CCC(C)(C)c1ccc(-c2oc3cc4c(cc3c2C2=C(F)C(F)(F)C(F)(F)C2(F)F)OCO4)cc1. The first-order valence-corrected chi connectivity index (χ1v) is 10.8. The van der Waals surface area contributed by atoms with Gasteiger partial charge in [0.25, 0.3) is 0 Å². The van der Waals surface area contributed by atoms with E-state index in [1.165, 1.54) is 18.2 Å². The minimum Gasteiger partial charge on any atom is -0.455 e. The van der Waals surface area contributed by atoms with Gasteiger partial charge in [-0.05, 0) is 23.5 Å². The second kappa shape index (κ2) is 7.18. The third kappa shape index (κ3) is 3.04. The summed E-state index contributed by atoms with van der Waals surface area (Å²) in [4.78, 5) is 0. The van der Waals surface area contributed by atoms with Crippen molar-refractivity contribution in [1.82, 2.24) is 0 Å². The van der Waals surface area contributed by atoms with Crippen molar-refractivity contribution in [3.8, 4) is 22.8 Å². The second-order valence-electron chi connectivity index (χ2n) is 9.23. The maximum Gasteiger partial charge on any atom is 0.383 e. The molecule has 5 rings (SSSR count). The van der Waals surface area contributed by atoms with Gasteiger partial charge < -0.3 is 13.9 Å². The highest BCUT2D eigenvalue weighted by Gasteiger charge is 2.81. The average Bonchev–Trinajstić information content (AvgIpc) is 3.43. The summed E-state index contributed by atoms with van der Waals surface area (Å²) >= 11 is 0. The van der Waals surface area contributed by atoms with Gasteiger partial charge in [0.05, 0.1) is 5.57 Å². The minimum absolute atomic E-state index is 0.0481. The van der Waals surface area contributed by atoms with E-state index in [1.807, 2.05) is 20.8 Å². The number of hydrogen-bond acceptors (Lipinski definition) is 3. The maximum absolute atomic E-state index is 14.8. The Kier molecular flexibility index (Phi) is 4.83. The van der Waals surface area contributed by atoms with Crippen molar-refractivity contribution in [1.29, 1.82) is 0 Å². The Balaban J connectivity index is 1.81. The Morgan fingerprint density at radius 2 is 1.49 bits per heavy atom. The van der Waals surface area contributed by atoms with E-state index in [0.717, 1.165) is 18.1 Å². The molecule has 0 unspecified atom stereocenters. The maximum atomic E-state index is 14.8. The van der Waals surface area contributed by atoms with Crippen molar-refractivity contribution in [2.45, 2.75) is 50.4 Å². The summed E-state index contributed by atoms with van der Waals surface area (Å²) in [5.74, 6) is -20.4. The monoisotopic (exact) mass is 500 g/mol. The summed E-state index contributed by atoms with van der Waals surface area (Å²) < 4.78 is 117. The summed E-state index contributed by atoms with van der Waals surface area (Å²) in [7, 11) is 0. The van der Waals surface area contributed by atoms with Crippen LogP contribution in [0.1, 0.15) is 38.3 Å². The first kappa shape index (κ1) is 23.6. The molecular weight excluding hydrogens is 481 g/mol. The van der Waals surface area contributed by atoms with E-state index in [0.29, 0.717) is 0 Å². The van der Waals surface area contributed by atoms with Crippen LogP contribution in [0.3, 0.4) is 0 Å². The fourth-order valence-electron chi connectivity index (χ4n) is 4.27. The molecule has 10 heteroatoms. The lowest BCUT2D eigenvalue weighted by Crippen LogP contribution is -2.48. The smallest absolute Gasteiger partial charge is 0.383 e. The van der Waals surface area contributed by atoms with Gasteiger partial charge in [0.15, 0.2) is 17.3 Å². The van der Waals surface area contributed by atoms with E-state index in [2.05, 4.69) is 0 Å². The van der Waals surface area contributed by atoms with E-state index in [9.17, 15) is 30.7 Å². The van der Waals surface area contributed by atoms with Crippen molar-refractivity contribution in [3.05, 3.63) is 53.4 Å². The lowest BCUT2D eigenvalue weighted by Gasteiger charge is -2.24. The number of rotatable bonds is 4. The first-order valence-electron chi connectivity index (χ1n) is 10.8. The van der Waals surface area contributed by atoms with E-state index < -0.39 is 40.5 Å². The highest BCUT2D eigenvalue weighted by Crippen LogP contribution is 2.64. The molecule has 1 aliphatic heterocycles. The quantitative estimate of drug-likeness (QED) is 0.339. The molecule has 0 atom stereocenters. The Labute approximate surface area is 195 Å². The van der Waals surface area contributed by atoms with Crippen LogP contribution in [0.5, 0.6) is 11.5 Å². The molecule has 1 aliphatic carbocycles.